The Morgan fingerprint density at radius 3 is 2.04 bits per heavy atom. The average molecular weight is 374 g/mol. The van der Waals surface area contributed by atoms with Gasteiger partial charge in [-0.15, -0.1) is 0 Å². The van der Waals surface area contributed by atoms with Crippen LogP contribution in [0.5, 0.6) is 0 Å². The molecule has 0 saturated carbocycles. The van der Waals surface area contributed by atoms with E-state index in [0.717, 1.165) is 18.0 Å². The summed E-state index contributed by atoms with van der Waals surface area (Å²) in [5, 5.41) is 0.757. The predicted molar refractivity (Wildman–Crippen MR) is 111 cm³/mol. The van der Waals surface area contributed by atoms with E-state index in [4.69, 9.17) is 16.3 Å². The van der Waals surface area contributed by atoms with Gasteiger partial charge in [-0.25, -0.2) is 0 Å². The van der Waals surface area contributed by atoms with Gasteiger partial charge in [0.15, 0.2) is 0 Å². The quantitative estimate of drug-likeness (QED) is 0.628. The summed E-state index contributed by atoms with van der Waals surface area (Å²) in [6.45, 7) is 1.05. The van der Waals surface area contributed by atoms with Gasteiger partial charge in [-0.1, -0.05) is 84.4 Å². The lowest BCUT2D eigenvalue weighted by Gasteiger charge is -2.36. The lowest BCUT2D eigenvalue weighted by atomic mass is 9.72. The van der Waals surface area contributed by atoms with Gasteiger partial charge >= 0.3 is 7.05 Å². The molecule has 3 aromatic carbocycles. The minimum absolute atomic E-state index is 0.0600. The maximum absolute atomic E-state index is 7.00. The Morgan fingerprint density at radius 1 is 0.852 bits per heavy atom. The molecule has 1 atom stereocenters. The van der Waals surface area contributed by atoms with Gasteiger partial charge in [0.1, 0.15) is 5.60 Å². The molecule has 0 radical (unpaired) electrons. The molecule has 0 bridgehead atoms. The molecule has 2 aliphatic rings. The molecule has 0 aromatic heterocycles. The summed E-state index contributed by atoms with van der Waals surface area (Å²) < 4.78 is 7.00. The highest BCUT2D eigenvalue weighted by molar-refractivity contribution is 6.65. The number of hydrogen-bond donors (Lipinski definition) is 0. The van der Waals surface area contributed by atoms with E-state index in [0.29, 0.717) is 6.04 Å². The average Bonchev–Trinajstić information content (AvgIpc) is 3.32. The fraction of sp³-hybridized carbons (Fsp3) is 0.217. The first-order chi connectivity index (χ1) is 13.3. The molecule has 2 aliphatic heterocycles. The lowest BCUT2D eigenvalue weighted by Crippen LogP contribution is -2.45. The first-order valence-electron chi connectivity index (χ1n) is 9.59. The summed E-state index contributed by atoms with van der Waals surface area (Å²) >= 11 is 6.12. The van der Waals surface area contributed by atoms with E-state index in [1.807, 2.05) is 12.1 Å². The third-order valence-electron chi connectivity index (χ3n) is 5.92. The van der Waals surface area contributed by atoms with Crippen LogP contribution >= 0.6 is 11.6 Å². The van der Waals surface area contributed by atoms with Gasteiger partial charge in [0.05, 0.1) is 0 Å². The van der Waals surface area contributed by atoms with Crippen molar-refractivity contribution in [2.24, 2.45) is 0 Å². The van der Waals surface area contributed by atoms with E-state index in [1.54, 1.807) is 0 Å². The van der Waals surface area contributed by atoms with Crippen LogP contribution < -0.4 is 5.46 Å². The zero-order valence-corrected chi connectivity index (χ0v) is 15.8. The molecule has 0 spiro atoms. The van der Waals surface area contributed by atoms with E-state index in [-0.39, 0.29) is 7.05 Å². The zero-order valence-electron chi connectivity index (χ0n) is 15.1. The Bertz CT molecular complexity index is 877. The van der Waals surface area contributed by atoms with Crippen molar-refractivity contribution in [1.29, 1.82) is 0 Å². The molecule has 27 heavy (non-hydrogen) atoms. The monoisotopic (exact) mass is 373 g/mol. The Morgan fingerprint density at radius 2 is 1.44 bits per heavy atom. The van der Waals surface area contributed by atoms with Crippen LogP contribution in [0.3, 0.4) is 0 Å². The topological polar surface area (TPSA) is 12.5 Å². The minimum atomic E-state index is -0.455. The number of benzene rings is 3. The van der Waals surface area contributed by atoms with Crippen LogP contribution in [-0.4, -0.2) is 24.4 Å². The molecule has 134 valence electrons. The van der Waals surface area contributed by atoms with Crippen LogP contribution in [0.2, 0.25) is 5.02 Å². The lowest BCUT2D eigenvalue weighted by molar-refractivity contribution is 0.106. The standard InChI is InChI=1S/C23H21BClNO/c25-21-15-13-20(14-16-21)24-26-17-7-12-22(26)23(27-24,18-8-3-1-4-9-18)19-10-5-2-6-11-19/h1-6,8-11,13-16,22H,7,12,17H2. The third-order valence-corrected chi connectivity index (χ3v) is 6.17. The highest BCUT2D eigenvalue weighted by Crippen LogP contribution is 2.48. The first kappa shape index (κ1) is 17.1. The maximum atomic E-state index is 7.00. The van der Waals surface area contributed by atoms with Crippen molar-refractivity contribution >= 4 is 24.1 Å². The Kier molecular flexibility index (Phi) is 4.32. The van der Waals surface area contributed by atoms with Gasteiger partial charge in [0.2, 0.25) is 0 Å². The minimum Gasteiger partial charge on any atom is -0.402 e. The molecule has 2 saturated heterocycles. The molecule has 0 aliphatic carbocycles. The highest BCUT2D eigenvalue weighted by Gasteiger charge is 2.58. The molecule has 5 rings (SSSR count). The van der Waals surface area contributed by atoms with Crippen LogP contribution in [-0.2, 0) is 10.3 Å². The van der Waals surface area contributed by atoms with E-state index in [9.17, 15) is 0 Å². The fourth-order valence-electron chi connectivity index (χ4n) is 4.77. The molecule has 2 nitrogen and oxygen atoms in total. The van der Waals surface area contributed by atoms with Crippen LogP contribution in [0.4, 0.5) is 0 Å². The third kappa shape index (κ3) is 2.73. The molecule has 0 amide bonds. The van der Waals surface area contributed by atoms with Gasteiger partial charge in [0, 0.05) is 11.1 Å². The number of fused-ring (bicyclic) bond motifs is 1. The Balaban J connectivity index is 1.68. The second kappa shape index (κ2) is 6.83. The largest absolute Gasteiger partial charge is 0.419 e. The maximum Gasteiger partial charge on any atom is 0.419 e. The van der Waals surface area contributed by atoms with Gasteiger partial charge in [-0.3, -0.25) is 0 Å². The molecule has 1 unspecified atom stereocenters. The van der Waals surface area contributed by atoms with E-state index in [1.165, 1.54) is 23.0 Å². The van der Waals surface area contributed by atoms with Crippen molar-refractivity contribution in [1.82, 2.24) is 4.81 Å². The Labute approximate surface area is 165 Å². The van der Waals surface area contributed by atoms with Crippen molar-refractivity contribution in [2.45, 2.75) is 24.5 Å². The number of nitrogens with zero attached hydrogens (tertiary/aromatic N) is 1. The molecular weight excluding hydrogens is 353 g/mol. The summed E-state index contributed by atoms with van der Waals surface area (Å²) in [6.07, 6.45) is 2.33. The summed E-state index contributed by atoms with van der Waals surface area (Å²) in [5.74, 6) is 0. The van der Waals surface area contributed by atoms with E-state index >= 15 is 0 Å². The van der Waals surface area contributed by atoms with Crippen molar-refractivity contribution in [3.8, 4) is 0 Å². The number of hydrogen-bond acceptors (Lipinski definition) is 2. The normalized spacial score (nSPS) is 21.4. The second-order valence-corrected chi connectivity index (χ2v) is 7.82. The molecular formula is C23H21BClNO. The fourth-order valence-corrected chi connectivity index (χ4v) is 4.90. The van der Waals surface area contributed by atoms with Crippen molar-refractivity contribution in [3.63, 3.8) is 0 Å². The molecule has 4 heteroatoms. The van der Waals surface area contributed by atoms with Gasteiger partial charge in [-0.05, 0) is 48.1 Å². The van der Waals surface area contributed by atoms with Crippen LogP contribution in [0, 0.1) is 0 Å². The molecule has 2 fully saturated rings. The SMILES string of the molecule is Clc1ccc(B2OC(c3ccccc3)(c3ccccc3)C3CCCN23)cc1. The van der Waals surface area contributed by atoms with Crippen molar-refractivity contribution < 1.29 is 4.65 Å². The smallest absolute Gasteiger partial charge is 0.402 e. The van der Waals surface area contributed by atoms with E-state index in [2.05, 4.69) is 77.6 Å². The van der Waals surface area contributed by atoms with Gasteiger partial charge < -0.3 is 9.47 Å². The first-order valence-corrected chi connectivity index (χ1v) is 9.97. The predicted octanol–water partition coefficient (Wildman–Crippen LogP) is 4.47. The van der Waals surface area contributed by atoms with Gasteiger partial charge in [-0.2, -0.15) is 0 Å². The second-order valence-electron chi connectivity index (χ2n) is 7.39. The van der Waals surface area contributed by atoms with Gasteiger partial charge in [0.25, 0.3) is 0 Å². The van der Waals surface area contributed by atoms with Crippen molar-refractivity contribution in [3.05, 3.63) is 101 Å². The van der Waals surface area contributed by atoms with Crippen LogP contribution in [0.15, 0.2) is 84.9 Å². The van der Waals surface area contributed by atoms with Crippen LogP contribution in [0.25, 0.3) is 0 Å². The highest BCUT2D eigenvalue weighted by atomic mass is 35.5. The Hall–Kier alpha value is -2.07. The summed E-state index contributed by atoms with van der Waals surface area (Å²) in [5.41, 5.74) is 3.16. The summed E-state index contributed by atoms with van der Waals surface area (Å²) in [6, 6.07) is 29.8. The van der Waals surface area contributed by atoms with E-state index < -0.39 is 5.60 Å². The summed E-state index contributed by atoms with van der Waals surface area (Å²) in [7, 11) is -0.0600. The van der Waals surface area contributed by atoms with Crippen molar-refractivity contribution in [2.75, 3.05) is 6.54 Å². The number of halogens is 1. The molecule has 2 heterocycles. The number of rotatable bonds is 3. The van der Waals surface area contributed by atoms with Crippen LogP contribution in [0.1, 0.15) is 24.0 Å². The molecule has 0 N–H and O–H groups in total. The zero-order chi connectivity index (χ0) is 18.3. The summed E-state index contributed by atoms with van der Waals surface area (Å²) in [4.78, 5) is 2.53. The molecule has 3 aromatic rings.